The van der Waals surface area contributed by atoms with Crippen molar-refractivity contribution in [3.63, 3.8) is 0 Å². The van der Waals surface area contributed by atoms with Gasteiger partial charge in [0, 0.05) is 0 Å². The Kier molecular flexibility index (Phi) is 8.60. The van der Waals surface area contributed by atoms with Gasteiger partial charge < -0.3 is 10.2 Å². The molecule has 0 saturated carbocycles. The Morgan fingerprint density at radius 2 is 1.50 bits per heavy atom. The van der Waals surface area contributed by atoms with E-state index in [4.69, 9.17) is 10.2 Å². The van der Waals surface area contributed by atoms with Gasteiger partial charge in [-0.1, -0.05) is 35.4 Å². The first kappa shape index (κ1) is 17.1. The monoisotopic (exact) mass is 275 g/mol. The van der Waals surface area contributed by atoms with Gasteiger partial charge in [-0.05, 0) is 6.42 Å². The summed E-state index contributed by atoms with van der Waals surface area (Å²) in [5.74, 6) is 0. The molecule has 0 saturated heterocycles. The summed E-state index contributed by atoms with van der Waals surface area (Å²) in [6.45, 7) is 0. The first-order chi connectivity index (χ1) is 8.45. The van der Waals surface area contributed by atoms with Crippen molar-refractivity contribution in [1.29, 1.82) is 0 Å². The van der Waals surface area contributed by atoms with Crippen molar-refractivity contribution < 1.29 is 31.9 Å². The molecule has 0 bridgehead atoms. The second kappa shape index (κ2) is 9.06. The molecule has 0 heterocycles. The summed E-state index contributed by atoms with van der Waals surface area (Å²) in [5.41, 5.74) is 5.51. The van der Waals surface area contributed by atoms with Crippen LogP contribution in [0.15, 0.2) is 42.5 Å². The summed E-state index contributed by atoms with van der Waals surface area (Å²) >= 11 is 0. The minimum absolute atomic E-state index is 0. The van der Waals surface area contributed by atoms with Crippen molar-refractivity contribution in [2.45, 2.75) is 6.42 Å². The zero-order valence-corrected chi connectivity index (χ0v) is 12.1. The molecule has 2 nitrogen and oxygen atoms in total. The van der Waals surface area contributed by atoms with Gasteiger partial charge in [-0.2, -0.15) is 44.0 Å². The summed E-state index contributed by atoms with van der Waals surface area (Å²) in [4.78, 5) is 0. The fourth-order valence-electron chi connectivity index (χ4n) is 2.00. The van der Waals surface area contributed by atoms with Gasteiger partial charge >= 0.3 is 21.7 Å². The van der Waals surface area contributed by atoms with Gasteiger partial charge in [0.2, 0.25) is 0 Å². The quantitative estimate of drug-likeness (QED) is 0.454. The number of rotatable bonds is 0. The molecule has 1 aliphatic rings. The summed E-state index contributed by atoms with van der Waals surface area (Å²) in [7, 11) is 1.50. The predicted octanol–water partition coefficient (Wildman–Crippen LogP) is 1.01. The van der Waals surface area contributed by atoms with Gasteiger partial charge in [0.15, 0.2) is 0 Å². The molecule has 0 N–H and O–H groups in total. The van der Waals surface area contributed by atoms with Crippen LogP contribution in [0.1, 0.15) is 11.1 Å². The Balaban J connectivity index is 0.000000531. The van der Waals surface area contributed by atoms with Crippen LogP contribution >= 0.6 is 0 Å². The molecule has 0 aromatic heterocycles. The van der Waals surface area contributed by atoms with Gasteiger partial charge in [0.1, 0.15) is 0 Å². The normalized spacial score (nSPS) is 9.56. The van der Waals surface area contributed by atoms with Crippen LogP contribution in [-0.4, -0.2) is 14.2 Å². The van der Waals surface area contributed by atoms with Crippen LogP contribution < -0.4 is 10.2 Å². The maximum atomic E-state index is 8.25. The van der Waals surface area contributed by atoms with Crippen molar-refractivity contribution in [2.24, 2.45) is 0 Å². The van der Waals surface area contributed by atoms with Gasteiger partial charge in [-0.3, -0.25) is 0 Å². The van der Waals surface area contributed by atoms with E-state index in [2.05, 4.69) is 42.5 Å². The zero-order valence-electron chi connectivity index (χ0n) is 10.6. The van der Waals surface area contributed by atoms with Crippen LogP contribution in [0, 0.1) is 6.07 Å². The molecule has 1 aliphatic carbocycles. The summed E-state index contributed by atoms with van der Waals surface area (Å²) < 4.78 is 0. The molecular formula is C15H15O2Ti. The average molecular weight is 275 g/mol. The minimum Gasteiger partial charge on any atom is -0.857 e. The van der Waals surface area contributed by atoms with E-state index < -0.39 is 0 Å². The fraction of sp³-hybridized carbons (Fsp3) is 0.200. The number of hydrogen-bond donors (Lipinski definition) is 0. The van der Waals surface area contributed by atoms with Gasteiger partial charge in [-0.15, -0.1) is 5.56 Å². The SMILES string of the molecule is C[O-].C[O-].[Ti+3].[c-]1cccc2c1Cc1ccccc1-2. The van der Waals surface area contributed by atoms with Gasteiger partial charge in [-0.25, -0.2) is 0 Å². The molecule has 91 valence electrons. The molecule has 0 aliphatic heterocycles. The number of hydrogen-bond acceptors (Lipinski definition) is 2. The van der Waals surface area contributed by atoms with E-state index in [0.717, 1.165) is 20.6 Å². The van der Waals surface area contributed by atoms with Crippen LogP contribution in [0.4, 0.5) is 0 Å². The van der Waals surface area contributed by atoms with E-state index in [1.54, 1.807) is 0 Å². The van der Waals surface area contributed by atoms with Crippen molar-refractivity contribution in [3.8, 4) is 11.1 Å². The molecule has 18 heavy (non-hydrogen) atoms. The predicted molar refractivity (Wildman–Crippen MR) is 65.4 cm³/mol. The third-order valence-electron chi connectivity index (χ3n) is 2.62. The standard InChI is InChI=1S/C13H9.2CH3O.Ti/c1-3-7-12-10(5-1)9-11-6-2-4-8-13(11)12;2*1-2;/h1-5,7-8H,9H2;2*1H3;/q3*-1;+3. The topological polar surface area (TPSA) is 46.1 Å². The van der Waals surface area contributed by atoms with E-state index in [-0.39, 0.29) is 21.7 Å². The molecule has 1 radical (unpaired) electrons. The summed E-state index contributed by atoms with van der Waals surface area (Å²) in [5, 5.41) is 16.5. The molecule has 0 atom stereocenters. The van der Waals surface area contributed by atoms with Crippen LogP contribution in [0.2, 0.25) is 0 Å². The fourth-order valence-corrected chi connectivity index (χ4v) is 2.00. The molecule has 0 unspecified atom stereocenters. The van der Waals surface area contributed by atoms with E-state index >= 15 is 0 Å². The summed E-state index contributed by atoms with van der Waals surface area (Å²) in [6, 6.07) is 18.1. The third kappa shape index (κ3) is 3.53. The van der Waals surface area contributed by atoms with Crippen molar-refractivity contribution in [1.82, 2.24) is 0 Å². The van der Waals surface area contributed by atoms with E-state index in [1.165, 1.54) is 22.3 Å². The van der Waals surface area contributed by atoms with Crippen molar-refractivity contribution in [3.05, 3.63) is 59.7 Å². The maximum absolute atomic E-state index is 8.25. The van der Waals surface area contributed by atoms with Crippen LogP contribution in [0.5, 0.6) is 0 Å². The molecule has 0 fully saturated rings. The molecule has 3 heteroatoms. The zero-order chi connectivity index (χ0) is 12.7. The van der Waals surface area contributed by atoms with Crippen LogP contribution in [0.3, 0.4) is 0 Å². The van der Waals surface area contributed by atoms with Crippen molar-refractivity contribution in [2.75, 3.05) is 14.2 Å². The van der Waals surface area contributed by atoms with E-state index in [0.29, 0.717) is 0 Å². The maximum Gasteiger partial charge on any atom is 3.00 e. The Labute approximate surface area is 123 Å². The molecule has 3 rings (SSSR count). The molecule has 2 aromatic rings. The smallest absolute Gasteiger partial charge is 0.857 e. The molecule has 0 amide bonds. The second-order valence-electron chi connectivity index (χ2n) is 3.40. The first-order valence-electron chi connectivity index (χ1n) is 5.34. The Bertz CT molecular complexity index is 426. The van der Waals surface area contributed by atoms with Crippen LogP contribution in [0.25, 0.3) is 11.1 Å². The molecular weight excluding hydrogens is 260 g/mol. The Hall–Kier alpha value is -0.926. The van der Waals surface area contributed by atoms with Crippen molar-refractivity contribution >= 4 is 0 Å². The Morgan fingerprint density at radius 1 is 0.889 bits per heavy atom. The number of benzene rings is 2. The first-order valence-corrected chi connectivity index (χ1v) is 5.34. The van der Waals surface area contributed by atoms with Gasteiger partial charge in [0.25, 0.3) is 0 Å². The van der Waals surface area contributed by atoms with Crippen LogP contribution in [-0.2, 0) is 28.1 Å². The van der Waals surface area contributed by atoms with Gasteiger partial charge in [0.05, 0.1) is 0 Å². The summed E-state index contributed by atoms with van der Waals surface area (Å²) in [6.07, 6.45) is 1.05. The largest absolute Gasteiger partial charge is 3.00 e. The molecule has 0 spiro atoms. The van der Waals surface area contributed by atoms with E-state index in [1.807, 2.05) is 6.07 Å². The third-order valence-corrected chi connectivity index (χ3v) is 2.62. The molecule has 2 aromatic carbocycles. The van der Waals surface area contributed by atoms with E-state index in [9.17, 15) is 0 Å². The Morgan fingerprint density at radius 3 is 2.22 bits per heavy atom. The average Bonchev–Trinajstić information content (AvgIpc) is 2.82. The minimum atomic E-state index is 0. The second-order valence-corrected chi connectivity index (χ2v) is 3.40. The number of fused-ring (bicyclic) bond motifs is 3.